The van der Waals surface area contributed by atoms with Crippen molar-refractivity contribution in [3.63, 3.8) is 0 Å². The third-order valence-corrected chi connectivity index (χ3v) is 6.80. The van der Waals surface area contributed by atoms with Gasteiger partial charge in [-0.15, -0.1) is 0 Å². The summed E-state index contributed by atoms with van der Waals surface area (Å²) in [6.07, 6.45) is -5.52. The molecule has 3 heterocycles. The van der Waals surface area contributed by atoms with Gasteiger partial charge in [-0.3, -0.25) is 9.09 Å². The largest absolute Gasteiger partial charge is 0.481 e. The first-order chi connectivity index (χ1) is 13.7. The summed E-state index contributed by atoms with van der Waals surface area (Å²) in [7, 11) is -7.30. The molecule has 4 rings (SSSR count). The van der Waals surface area contributed by atoms with Crippen LogP contribution >= 0.6 is 15.6 Å². The van der Waals surface area contributed by atoms with Crippen molar-refractivity contribution < 1.29 is 46.9 Å². The number of aromatic nitrogens is 4. The third-order valence-electron chi connectivity index (χ3n) is 4.63. The number of fused-ring (bicyclic) bond motifs is 2. The van der Waals surface area contributed by atoms with Crippen LogP contribution in [0.15, 0.2) is 6.33 Å². The summed E-state index contributed by atoms with van der Waals surface area (Å²) in [5.74, 6) is 0.257. The van der Waals surface area contributed by atoms with Gasteiger partial charge in [0.25, 0.3) is 0 Å². The summed E-state index contributed by atoms with van der Waals surface area (Å²) in [4.78, 5) is 40.5. The molecule has 15 nitrogen and oxygen atoms in total. The molecule has 1 saturated carbocycles. The van der Waals surface area contributed by atoms with Crippen LogP contribution in [0.3, 0.4) is 0 Å². The van der Waals surface area contributed by atoms with E-state index in [9.17, 15) is 19.1 Å². The number of aliphatic hydroxyl groups is 1. The van der Waals surface area contributed by atoms with Crippen LogP contribution in [0, 0.1) is 0 Å². The minimum absolute atomic E-state index is 0.109. The van der Waals surface area contributed by atoms with E-state index in [4.69, 9.17) is 20.3 Å². The van der Waals surface area contributed by atoms with Crippen LogP contribution < -0.4 is 10.6 Å². The maximum absolute atomic E-state index is 15.1. The Bertz CT molecular complexity index is 1110. The molecule has 0 spiro atoms. The molecule has 2 aromatic rings. The lowest BCUT2D eigenvalue weighted by Gasteiger charge is -2.23. The Morgan fingerprint density at radius 1 is 1.33 bits per heavy atom. The Kier molecular flexibility index (Phi) is 4.75. The van der Waals surface area contributed by atoms with E-state index in [-0.39, 0.29) is 11.6 Å². The second kappa shape index (κ2) is 6.63. The fourth-order valence-corrected chi connectivity index (χ4v) is 5.13. The smallest absolute Gasteiger partial charge is 0.381 e. The molecule has 30 heavy (non-hydrogen) atoms. The zero-order valence-electron chi connectivity index (χ0n) is 15.3. The summed E-state index contributed by atoms with van der Waals surface area (Å²) in [6.45, 7) is 0. The number of phosphoric acid groups is 2. The van der Waals surface area contributed by atoms with E-state index in [1.165, 1.54) is 10.9 Å². The van der Waals surface area contributed by atoms with Crippen LogP contribution in [0.4, 0.5) is 16.2 Å². The average Bonchev–Trinajstić information content (AvgIpc) is 2.89. The minimum atomic E-state index is -5.38. The lowest BCUT2D eigenvalue weighted by molar-refractivity contribution is -0.0597. The molecule has 2 unspecified atom stereocenters. The number of nitrogens with two attached hydrogens (primary N) is 1. The highest BCUT2D eigenvalue weighted by atomic mass is 31.3. The molecule has 18 heteroatoms. The summed E-state index contributed by atoms with van der Waals surface area (Å²) >= 11 is 0. The number of nitrogen functional groups attached to an aromatic ring is 1. The van der Waals surface area contributed by atoms with Crippen molar-refractivity contribution in [3.05, 3.63) is 6.33 Å². The maximum Gasteiger partial charge on any atom is 0.481 e. The van der Waals surface area contributed by atoms with Crippen molar-refractivity contribution in [3.8, 4) is 0 Å². The molecular weight excluding hydrogens is 453 g/mol. The van der Waals surface area contributed by atoms with Gasteiger partial charge in [0.05, 0.1) is 6.33 Å². The number of alkyl halides is 1. The van der Waals surface area contributed by atoms with E-state index < -0.39 is 45.9 Å². The monoisotopic (exact) mass is 470 g/mol. The van der Waals surface area contributed by atoms with Crippen LogP contribution in [0.5, 0.6) is 0 Å². The van der Waals surface area contributed by atoms with E-state index >= 15 is 4.39 Å². The van der Waals surface area contributed by atoms with Gasteiger partial charge < -0.3 is 35.2 Å². The Balaban J connectivity index is 1.59. The number of nitrogens with zero attached hydrogens (tertiary/aromatic N) is 5. The minimum Gasteiger partial charge on any atom is -0.381 e. The van der Waals surface area contributed by atoms with Gasteiger partial charge in [-0.1, -0.05) is 0 Å². The van der Waals surface area contributed by atoms with Crippen LogP contribution in [-0.2, 0) is 22.7 Å². The summed E-state index contributed by atoms with van der Waals surface area (Å²) < 4.78 is 52.2. The number of imidazole rings is 1. The fourth-order valence-electron chi connectivity index (χ4n) is 3.33. The predicted molar refractivity (Wildman–Crippen MR) is 95.6 cm³/mol. The fraction of sp³-hybridized carbons (Fsp3) is 0.583. The molecule has 1 aliphatic carbocycles. The van der Waals surface area contributed by atoms with Gasteiger partial charge in [-0.2, -0.15) is 14.3 Å². The Morgan fingerprint density at radius 2 is 2.00 bits per heavy atom. The normalized spacial score (nSPS) is 32.8. The average molecular weight is 470 g/mol. The maximum atomic E-state index is 15.1. The van der Waals surface area contributed by atoms with Gasteiger partial charge >= 0.3 is 15.6 Å². The molecule has 0 aromatic carbocycles. The van der Waals surface area contributed by atoms with Crippen LogP contribution in [-0.4, -0.2) is 77.4 Å². The van der Waals surface area contributed by atoms with Crippen molar-refractivity contribution in [2.75, 3.05) is 24.7 Å². The number of rotatable bonds is 6. The van der Waals surface area contributed by atoms with E-state index in [1.54, 1.807) is 19.0 Å². The van der Waals surface area contributed by atoms with Crippen molar-refractivity contribution >= 4 is 38.6 Å². The number of halogens is 1. The zero-order valence-corrected chi connectivity index (χ0v) is 17.1. The van der Waals surface area contributed by atoms with Crippen LogP contribution in [0.25, 0.3) is 11.2 Å². The molecule has 6 N–H and O–H groups in total. The third kappa shape index (κ3) is 3.39. The van der Waals surface area contributed by atoms with Crippen molar-refractivity contribution in [2.45, 2.75) is 30.2 Å². The Morgan fingerprint density at radius 3 is 2.53 bits per heavy atom. The quantitative estimate of drug-likeness (QED) is 0.322. The zero-order chi connectivity index (χ0) is 22.2. The number of phosphoric ester groups is 1. The summed E-state index contributed by atoms with van der Waals surface area (Å²) in [5, 5.41) is 10.5. The van der Waals surface area contributed by atoms with E-state index in [1.807, 2.05) is 0 Å². The molecule has 6 atom stereocenters. The first-order valence-electron chi connectivity index (χ1n) is 8.22. The summed E-state index contributed by atoms with van der Waals surface area (Å²) in [6, 6.07) is 0. The van der Waals surface area contributed by atoms with E-state index in [2.05, 4.69) is 23.8 Å². The summed E-state index contributed by atoms with van der Waals surface area (Å²) in [5.41, 5.74) is 3.75. The van der Waals surface area contributed by atoms with Crippen LogP contribution in [0.2, 0.25) is 0 Å². The number of anilines is 2. The molecular formula is C12H17FN6O9P2. The molecule has 0 radical (unpaired) electrons. The number of hydrogen-bond donors (Lipinski definition) is 5. The molecule has 0 amide bonds. The molecule has 166 valence electrons. The molecule has 1 saturated heterocycles. The lowest BCUT2D eigenvalue weighted by atomic mass is 10.2. The Hall–Kier alpha value is -1.74. The van der Waals surface area contributed by atoms with E-state index in [0.717, 1.165) is 0 Å². The SMILES string of the molecule is CN(C)c1nc(N)nc2c1ncn2[C@@H]1O[C@@H]2C(OP(=O)(O)OP(=O)(O)O)[C@]2(O)[C@@H]1F. The number of ether oxygens (including phenoxy) is 1. The highest BCUT2D eigenvalue weighted by Crippen LogP contribution is 2.65. The van der Waals surface area contributed by atoms with Crippen molar-refractivity contribution in [2.24, 2.45) is 0 Å². The van der Waals surface area contributed by atoms with Crippen LogP contribution in [0.1, 0.15) is 6.23 Å². The second-order valence-corrected chi connectivity index (χ2v) is 9.71. The first kappa shape index (κ1) is 21.5. The van der Waals surface area contributed by atoms with Gasteiger partial charge in [0.2, 0.25) is 5.95 Å². The second-order valence-electron chi connectivity index (χ2n) is 6.93. The van der Waals surface area contributed by atoms with Gasteiger partial charge in [-0.05, 0) is 0 Å². The van der Waals surface area contributed by atoms with Crippen molar-refractivity contribution in [1.29, 1.82) is 0 Å². The molecule has 2 fully saturated rings. The van der Waals surface area contributed by atoms with E-state index in [0.29, 0.717) is 11.3 Å². The predicted octanol–water partition coefficient (Wildman–Crippen LogP) is -0.950. The highest BCUT2D eigenvalue weighted by Gasteiger charge is 2.80. The first-order valence-corrected chi connectivity index (χ1v) is 11.2. The van der Waals surface area contributed by atoms with Gasteiger partial charge in [0.1, 0.15) is 12.2 Å². The lowest BCUT2D eigenvalue weighted by Crippen LogP contribution is -2.34. The number of hydrogen-bond acceptors (Lipinski definition) is 11. The molecule has 2 aromatic heterocycles. The van der Waals surface area contributed by atoms with Gasteiger partial charge in [0, 0.05) is 14.1 Å². The van der Waals surface area contributed by atoms with Crippen molar-refractivity contribution in [1.82, 2.24) is 19.5 Å². The molecule has 0 bridgehead atoms. The highest BCUT2D eigenvalue weighted by molar-refractivity contribution is 7.60. The topological polar surface area (TPSA) is 216 Å². The molecule has 2 aliphatic rings. The van der Waals surface area contributed by atoms with Gasteiger partial charge in [-0.25, -0.2) is 18.5 Å². The standard InChI is InChI=1S/C12H17FN6O9P2/c1-18(2)8-4-9(17-11(14)16-8)19(3-15-4)10-5(13)12(20)6(26-10)7(12)27-30(24,25)28-29(21,22)23/h3,5-7,10,20H,1-2H3,(H,24,25)(H2,14,16,17)(H2,21,22,23)/t5-,6-,7?,10-,12+/m1/s1. The molecule has 1 aliphatic heterocycles. The van der Waals surface area contributed by atoms with Gasteiger partial charge in [0.15, 0.2) is 35.0 Å². The Labute approximate surface area is 167 Å².